The fourth-order valence-corrected chi connectivity index (χ4v) is 2.56. The molecule has 0 radical (unpaired) electrons. The highest BCUT2D eigenvalue weighted by molar-refractivity contribution is 9.10. The van der Waals surface area contributed by atoms with Gasteiger partial charge in [-0.2, -0.15) is 0 Å². The topological polar surface area (TPSA) is 44.5 Å². The van der Waals surface area contributed by atoms with E-state index in [9.17, 15) is 0 Å². The zero-order valence-corrected chi connectivity index (χ0v) is 13.7. The van der Waals surface area contributed by atoms with Crippen molar-refractivity contribution in [1.82, 2.24) is 0 Å². The Morgan fingerprint density at radius 1 is 1.00 bits per heavy atom. The Morgan fingerprint density at radius 3 is 2.38 bits per heavy atom. The van der Waals surface area contributed by atoms with Crippen LogP contribution in [-0.4, -0.2) is 19.8 Å². The minimum absolute atomic E-state index is 0.506. The highest BCUT2D eigenvalue weighted by Gasteiger charge is 2.01. The van der Waals surface area contributed by atoms with Crippen molar-refractivity contribution in [3.8, 4) is 11.5 Å². The molecule has 4 heteroatoms. The summed E-state index contributed by atoms with van der Waals surface area (Å²) >= 11 is 3.49. The molecule has 0 aromatic heterocycles. The van der Waals surface area contributed by atoms with Crippen molar-refractivity contribution in [2.45, 2.75) is 13.3 Å². The predicted octanol–water partition coefficient (Wildman–Crippen LogP) is 3.72. The van der Waals surface area contributed by atoms with E-state index in [4.69, 9.17) is 15.2 Å². The van der Waals surface area contributed by atoms with Crippen LogP contribution in [0.1, 0.15) is 11.1 Å². The summed E-state index contributed by atoms with van der Waals surface area (Å²) in [5.41, 5.74) is 7.95. The smallest absolute Gasteiger partial charge is 0.133 e. The number of benzene rings is 2. The van der Waals surface area contributed by atoms with Gasteiger partial charge >= 0.3 is 0 Å². The normalized spacial score (nSPS) is 10.4. The van der Waals surface area contributed by atoms with Gasteiger partial charge in [0.15, 0.2) is 0 Å². The van der Waals surface area contributed by atoms with Crippen molar-refractivity contribution in [1.29, 1.82) is 0 Å². The largest absolute Gasteiger partial charge is 0.490 e. The van der Waals surface area contributed by atoms with Crippen LogP contribution in [0.3, 0.4) is 0 Å². The molecule has 0 saturated carbocycles. The molecule has 0 bridgehead atoms. The van der Waals surface area contributed by atoms with Crippen LogP contribution in [0.25, 0.3) is 0 Å². The highest BCUT2D eigenvalue weighted by atomic mass is 79.9. The summed E-state index contributed by atoms with van der Waals surface area (Å²) in [7, 11) is 0. The van der Waals surface area contributed by atoms with Gasteiger partial charge in [0.2, 0.25) is 0 Å². The van der Waals surface area contributed by atoms with Crippen molar-refractivity contribution < 1.29 is 9.47 Å². The van der Waals surface area contributed by atoms with E-state index in [1.807, 2.05) is 49.4 Å². The van der Waals surface area contributed by atoms with Gasteiger partial charge in [-0.3, -0.25) is 0 Å². The zero-order valence-electron chi connectivity index (χ0n) is 12.1. The Balaban J connectivity index is 1.76. The third-order valence-corrected chi connectivity index (χ3v) is 3.67. The van der Waals surface area contributed by atoms with Gasteiger partial charge in [0.25, 0.3) is 0 Å². The van der Waals surface area contributed by atoms with Crippen LogP contribution in [0.4, 0.5) is 0 Å². The van der Waals surface area contributed by atoms with Gasteiger partial charge in [0.05, 0.1) is 4.47 Å². The van der Waals surface area contributed by atoms with E-state index in [0.717, 1.165) is 22.4 Å². The molecule has 0 aliphatic rings. The number of ether oxygens (including phenoxy) is 2. The summed E-state index contributed by atoms with van der Waals surface area (Å²) in [4.78, 5) is 0. The monoisotopic (exact) mass is 349 g/mol. The van der Waals surface area contributed by atoms with Crippen LogP contribution in [0, 0.1) is 6.92 Å². The lowest BCUT2D eigenvalue weighted by molar-refractivity contribution is 0.216. The van der Waals surface area contributed by atoms with E-state index in [1.54, 1.807) is 0 Å². The summed E-state index contributed by atoms with van der Waals surface area (Å²) in [6.45, 7) is 3.73. The third kappa shape index (κ3) is 5.06. The number of nitrogens with two attached hydrogens (primary N) is 1. The Morgan fingerprint density at radius 2 is 1.71 bits per heavy atom. The van der Waals surface area contributed by atoms with Crippen molar-refractivity contribution in [3.05, 3.63) is 58.1 Å². The van der Waals surface area contributed by atoms with E-state index in [-0.39, 0.29) is 0 Å². The fraction of sp³-hybridized carbons (Fsp3) is 0.294. The zero-order chi connectivity index (χ0) is 15.1. The molecular formula is C17H20BrNO2. The maximum Gasteiger partial charge on any atom is 0.133 e. The fourth-order valence-electron chi connectivity index (χ4n) is 1.95. The van der Waals surface area contributed by atoms with Gasteiger partial charge in [-0.25, -0.2) is 0 Å². The van der Waals surface area contributed by atoms with Crippen LogP contribution in [-0.2, 0) is 6.42 Å². The molecule has 112 valence electrons. The second kappa shape index (κ2) is 8.05. The minimum Gasteiger partial charge on any atom is -0.490 e. The van der Waals surface area contributed by atoms with Gasteiger partial charge in [0.1, 0.15) is 24.7 Å². The molecule has 0 unspecified atom stereocenters. The van der Waals surface area contributed by atoms with Crippen LogP contribution < -0.4 is 15.2 Å². The predicted molar refractivity (Wildman–Crippen MR) is 89.1 cm³/mol. The first kappa shape index (κ1) is 15.9. The molecule has 2 N–H and O–H groups in total. The first-order valence-corrected chi connectivity index (χ1v) is 7.79. The lowest BCUT2D eigenvalue weighted by Gasteiger charge is -2.10. The molecule has 0 atom stereocenters. The molecule has 0 amide bonds. The van der Waals surface area contributed by atoms with Gasteiger partial charge in [-0.1, -0.05) is 18.2 Å². The molecule has 3 nitrogen and oxygen atoms in total. The Bertz CT molecular complexity index is 570. The molecule has 2 rings (SSSR count). The molecule has 2 aromatic rings. The van der Waals surface area contributed by atoms with E-state index in [1.165, 1.54) is 11.1 Å². The van der Waals surface area contributed by atoms with Crippen molar-refractivity contribution in [2.75, 3.05) is 19.8 Å². The second-order valence-electron chi connectivity index (χ2n) is 4.81. The van der Waals surface area contributed by atoms with Crippen molar-refractivity contribution in [3.63, 3.8) is 0 Å². The second-order valence-corrected chi connectivity index (χ2v) is 5.67. The lowest BCUT2D eigenvalue weighted by atomic mass is 10.1. The SMILES string of the molecule is Cc1ccc(OCCOc2ccc(CCN)cc2)c(Br)c1. The number of halogens is 1. The number of hydrogen-bond acceptors (Lipinski definition) is 3. The molecule has 0 aliphatic carbocycles. The Labute approximate surface area is 134 Å². The molecule has 0 heterocycles. The summed E-state index contributed by atoms with van der Waals surface area (Å²) in [6, 6.07) is 14.0. The van der Waals surface area contributed by atoms with Crippen LogP contribution in [0.15, 0.2) is 46.9 Å². The molecule has 2 aromatic carbocycles. The number of rotatable bonds is 7. The quantitative estimate of drug-likeness (QED) is 0.774. The van der Waals surface area contributed by atoms with E-state index >= 15 is 0 Å². The van der Waals surface area contributed by atoms with E-state index < -0.39 is 0 Å². The van der Waals surface area contributed by atoms with E-state index in [2.05, 4.69) is 15.9 Å². The van der Waals surface area contributed by atoms with Crippen LogP contribution >= 0.6 is 15.9 Å². The molecular weight excluding hydrogens is 330 g/mol. The average Bonchev–Trinajstić information content (AvgIpc) is 2.47. The Hall–Kier alpha value is -1.52. The number of aryl methyl sites for hydroxylation is 1. The first-order chi connectivity index (χ1) is 10.2. The van der Waals surface area contributed by atoms with Crippen molar-refractivity contribution in [2.24, 2.45) is 5.73 Å². The van der Waals surface area contributed by atoms with Crippen LogP contribution in [0.2, 0.25) is 0 Å². The highest BCUT2D eigenvalue weighted by Crippen LogP contribution is 2.25. The number of hydrogen-bond donors (Lipinski definition) is 1. The summed E-state index contributed by atoms with van der Waals surface area (Å²) < 4.78 is 12.3. The minimum atomic E-state index is 0.506. The van der Waals surface area contributed by atoms with Gasteiger partial charge in [-0.15, -0.1) is 0 Å². The van der Waals surface area contributed by atoms with Gasteiger partial charge < -0.3 is 15.2 Å². The summed E-state index contributed by atoms with van der Waals surface area (Å²) in [6.07, 6.45) is 0.894. The standard InChI is InChI=1S/C17H20BrNO2/c1-13-2-7-17(16(18)12-13)21-11-10-20-15-5-3-14(4-6-15)8-9-19/h2-7,12H,8-11,19H2,1H3. The van der Waals surface area contributed by atoms with Crippen LogP contribution in [0.5, 0.6) is 11.5 Å². The van der Waals surface area contributed by atoms with Gasteiger partial charge in [0, 0.05) is 0 Å². The first-order valence-electron chi connectivity index (χ1n) is 7.00. The molecule has 0 aliphatic heterocycles. The summed E-state index contributed by atoms with van der Waals surface area (Å²) in [5, 5.41) is 0. The molecule has 0 spiro atoms. The van der Waals surface area contributed by atoms with Crippen molar-refractivity contribution >= 4 is 15.9 Å². The maximum absolute atomic E-state index is 5.69. The summed E-state index contributed by atoms with van der Waals surface area (Å²) in [5.74, 6) is 1.69. The molecule has 0 fully saturated rings. The molecule has 0 saturated heterocycles. The van der Waals surface area contributed by atoms with Gasteiger partial charge in [-0.05, 0) is 71.2 Å². The van der Waals surface area contributed by atoms with E-state index in [0.29, 0.717) is 19.8 Å². The molecule has 21 heavy (non-hydrogen) atoms. The third-order valence-electron chi connectivity index (χ3n) is 3.05. The maximum atomic E-state index is 5.69. The lowest BCUT2D eigenvalue weighted by Crippen LogP contribution is -2.09. The Kier molecular flexibility index (Phi) is 6.08. The average molecular weight is 350 g/mol.